The first kappa shape index (κ1) is 22.1. The first-order chi connectivity index (χ1) is 13.0. The molecular weight excluding hydrogens is 395 g/mol. The van der Waals surface area contributed by atoms with Crippen LogP contribution >= 0.6 is 0 Å². The Morgan fingerprint density at radius 1 is 1.07 bits per heavy atom. The summed E-state index contributed by atoms with van der Waals surface area (Å²) in [6, 6.07) is 2.00. The Morgan fingerprint density at radius 2 is 1.79 bits per heavy atom. The van der Waals surface area contributed by atoms with E-state index in [2.05, 4.69) is 10.1 Å². The zero-order chi connectivity index (χ0) is 20.9. The first-order valence-electron chi connectivity index (χ1n) is 8.38. The van der Waals surface area contributed by atoms with Gasteiger partial charge in [-0.2, -0.15) is 31.4 Å². The highest BCUT2D eigenvalue weighted by molar-refractivity contribution is 5.61. The minimum atomic E-state index is -4.87. The number of hydrogen-bond acceptors (Lipinski definition) is 3. The van der Waals surface area contributed by atoms with Crippen molar-refractivity contribution in [3.8, 4) is 11.4 Å². The summed E-state index contributed by atoms with van der Waals surface area (Å²) in [5, 5.41) is 3.84. The number of methoxy groups -OCH3 is 1. The number of hydrogen-bond donors (Lipinski definition) is 0. The molecular formula is C17H18F7N3O. The van der Waals surface area contributed by atoms with Gasteiger partial charge in [0.1, 0.15) is 11.6 Å². The van der Waals surface area contributed by atoms with Gasteiger partial charge >= 0.3 is 12.4 Å². The van der Waals surface area contributed by atoms with Gasteiger partial charge in [0.05, 0.1) is 18.5 Å². The summed E-state index contributed by atoms with van der Waals surface area (Å²) < 4.78 is 96.5. The monoisotopic (exact) mass is 413 g/mol. The average Bonchev–Trinajstić information content (AvgIpc) is 2.98. The summed E-state index contributed by atoms with van der Waals surface area (Å²) >= 11 is 0. The molecule has 156 valence electrons. The van der Waals surface area contributed by atoms with Crippen molar-refractivity contribution in [2.24, 2.45) is 0 Å². The lowest BCUT2D eigenvalue weighted by Crippen LogP contribution is -2.15. The summed E-state index contributed by atoms with van der Waals surface area (Å²) in [4.78, 5) is 4.00. The van der Waals surface area contributed by atoms with Crippen LogP contribution in [0.4, 0.5) is 30.7 Å². The molecule has 0 radical (unpaired) electrons. The van der Waals surface area contributed by atoms with Crippen molar-refractivity contribution in [3.63, 3.8) is 0 Å². The van der Waals surface area contributed by atoms with E-state index in [-0.39, 0.29) is 12.2 Å². The van der Waals surface area contributed by atoms with Gasteiger partial charge in [-0.05, 0) is 31.0 Å². The lowest BCUT2D eigenvalue weighted by Gasteiger charge is -2.10. The molecule has 0 bridgehead atoms. The van der Waals surface area contributed by atoms with Crippen LogP contribution in [0.5, 0.6) is 0 Å². The first-order valence-corrected chi connectivity index (χ1v) is 8.38. The molecule has 1 aromatic carbocycles. The number of benzene rings is 1. The third-order valence-corrected chi connectivity index (χ3v) is 3.88. The zero-order valence-corrected chi connectivity index (χ0v) is 14.9. The van der Waals surface area contributed by atoms with Gasteiger partial charge in [0, 0.05) is 25.7 Å². The number of unbranched alkanes of at least 4 members (excludes halogenated alkanes) is 1. The molecule has 0 fully saturated rings. The van der Waals surface area contributed by atoms with Crippen LogP contribution in [0, 0.1) is 5.82 Å². The van der Waals surface area contributed by atoms with E-state index in [0.717, 1.165) is 16.8 Å². The van der Waals surface area contributed by atoms with Crippen molar-refractivity contribution in [3.05, 3.63) is 35.4 Å². The standard InChI is InChI=1S/C17H18F7N3O/c1-28-9-3-2-4-14-25-15(26-27(14)8-7-16(19,20)21)12-6-5-11(18)10-13(12)17(22,23)24/h5-6,10H,2-4,7-9H2,1H3. The van der Waals surface area contributed by atoms with Crippen molar-refractivity contribution in [1.29, 1.82) is 0 Å². The molecule has 0 saturated carbocycles. The fraction of sp³-hybridized carbons (Fsp3) is 0.529. The molecule has 0 aliphatic rings. The Balaban J connectivity index is 2.38. The second-order valence-electron chi connectivity index (χ2n) is 6.08. The predicted octanol–water partition coefficient (Wildman–Crippen LogP) is 5.02. The lowest BCUT2D eigenvalue weighted by atomic mass is 10.1. The van der Waals surface area contributed by atoms with E-state index in [1.165, 1.54) is 7.11 Å². The van der Waals surface area contributed by atoms with E-state index >= 15 is 0 Å². The van der Waals surface area contributed by atoms with E-state index in [4.69, 9.17) is 4.74 Å². The fourth-order valence-corrected chi connectivity index (χ4v) is 2.56. The second kappa shape index (κ2) is 8.89. The molecule has 4 nitrogen and oxygen atoms in total. The van der Waals surface area contributed by atoms with Gasteiger partial charge in [-0.1, -0.05) is 0 Å². The molecule has 0 aliphatic heterocycles. The van der Waals surface area contributed by atoms with Crippen LogP contribution in [0.25, 0.3) is 11.4 Å². The van der Waals surface area contributed by atoms with E-state index in [9.17, 15) is 30.7 Å². The molecule has 0 amide bonds. The Labute approximate surface area is 156 Å². The van der Waals surface area contributed by atoms with Crippen LogP contribution in [0.15, 0.2) is 18.2 Å². The smallest absolute Gasteiger partial charge is 0.385 e. The number of ether oxygens (including phenoxy) is 1. The van der Waals surface area contributed by atoms with Gasteiger partial charge in [0.25, 0.3) is 0 Å². The Hall–Kier alpha value is -2.17. The van der Waals surface area contributed by atoms with E-state index in [1.54, 1.807) is 0 Å². The van der Waals surface area contributed by atoms with Gasteiger partial charge in [-0.15, -0.1) is 0 Å². The van der Waals surface area contributed by atoms with Gasteiger partial charge in [-0.3, -0.25) is 0 Å². The number of nitrogens with zero attached hydrogens (tertiary/aromatic N) is 3. The number of alkyl halides is 6. The van der Waals surface area contributed by atoms with Crippen molar-refractivity contribution < 1.29 is 35.5 Å². The topological polar surface area (TPSA) is 39.9 Å². The zero-order valence-electron chi connectivity index (χ0n) is 14.9. The lowest BCUT2D eigenvalue weighted by molar-refractivity contribution is -0.138. The van der Waals surface area contributed by atoms with Gasteiger partial charge < -0.3 is 4.74 Å². The van der Waals surface area contributed by atoms with E-state index < -0.39 is 48.1 Å². The molecule has 2 rings (SSSR count). The molecule has 0 unspecified atom stereocenters. The van der Waals surface area contributed by atoms with Crippen LogP contribution < -0.4 is 0 Å². The predicted molar refractivity (Wildman–Crippen MR) is 85.9 cm³/mol. The molecule has 1 aromatic heterocycles. The molecule has 2 aromatic rings. The van der Waals surface area contributed by atoms with E-state index in [0.29, 0.717) is 25.5 Å². The average molecular weight is 413 g/mol. The Kier molecular flexibility index (Phi) is 7.02. The normalized spacial score (nSPS) is 12.6. The number of aromatic nitrogens is 3. The maximum Gasteiger partial charge on any atom is 0.417 e. The highest BCUT2D eigenvalue weighted by atomic mass is 19.4. The Morgan fingerprint density at radius 3 is 2.39 bits per heavy atom. The second-order valence-corrected chi connectivity index (χ2v) is 6.08. The molecule has 0 N–H and O–H groups in total. The van der Waals surface area contributed by atoms with E-state index in [1.807, 2.05) is 0 Å². The fourth-order valence-electron chi connectivity index (χ4n) is 2.56. The summed E-state index contributed by atoms with van der Waals surface area (Å²) in [5.41, 5.74) is -1.77. The van der Waals surface area contributed by atoms with Crippen LogP contribution in [-0.4, -0.2) is 34.7 Å². The third kappa shape index (κ3) is 6.18. The summed E-state index contributed by atoms with van der Waals surface area (Å²) in [6.07, 6.45) is -9.19. The van der Waals surface area contributed by atoms with Crippen LogP contribution in [0.3, 0.4) is 0 Å². The van der Waals surface area contributed by atoms with Gasteiger partial charge in [-0.25, -0.2) is 14.1 Å². The van der Waals surface area contributed by atoms with Gasteiger partial charge in [0.2, 0.25) is 0 Å². The largest absolute Gasteiger partial charge is 0.417 e. The number of rotatable bonds is 8. The quantitative estimate of drug-likeness (QED) is 0.451. The van der Waals surface area contributed by atoms with Gasteiger partial charge in [0.15, 0.2) is 5.82 Å². The third-order valence-electron chi connectivity index (χ3n) is 3.88. The minimum Gasteiger partial charge on any atom is -0.385 e. The molecule has 0 aliphatic carbocycles. The molecule has 0 spiro atoms. The number of aryl methyl sites for hydroxylation is 2. The number of halogens is 7. The maximum absolute atomic E-state index is 13.3. The van der Waals surface area contributed by atoms with Crippen LogP contribution in [0.1, 0.15) is 30.7 Å². The Bertz CT molecular complexity index is 784. The minimum absolute atomic E-state index is 0.132. The summed E-state index contributed by atoms with van der Waals surface area (Å²) in [5.74, 6) is -1.35. The molecule has 0 atom stereocenters. The van der Waals surface area contributed by atoms with Crippen LogP contribution in [0.2, 0.25) is 0 Å². The van der Waals surface area contributed by atoms with Crippen molar-refractivity contribution in [2.45, 2.75) is 44.6 Å². The summed E-state index contributed by atoms with van der Waals surface area (Å²) in [6.45, 7) is -0.140. The van der Waals surface area contributed by atoms with Crippen molar-refractivity contribution >= 4 is 0 Å². The SMILES string of the molecule is COCCCCc1nc(-c2ccc(F)cc2C(F)(F)F)nn1CCC(F)(F)F. The van der Waals surface area contributed by atoms with Crippen molar-refractivity contribution in [1.82, 2.24) is 14.8 Å². The highest BCUT2D eigenvalue weighted by Crippen LogP contribution is 2.36. The molecule has 0 saturated heterocycles. The molecule has 28 heavy (non-hydrogen) atoms. The maximum atomic E-state index is 13.3. The van der Waals surface area contributed by atoms with Crippen LogP contribution in [-0.2, 0) is 23.9 Å². The highest BCUT2D eigenvalue weighted by Gasteiger charge is 2.35. The molecule has 1 heterocycles. The molecule has 11 heteroatoms. The summed E-state index contributed by atoms with van der Waals surface area (Å²) in [7, 11) is 1.50. The van der Waals surface area contributed by atoms with Crippen molar-refractivity contribution in [2.75, 3.05) is 13.7 Å².